The number of halogens is 24. The third-order valence-electron chi connectivity index (χ3n) is 12.2. The Hall–Kier alpha value is -8.26. The number of rotatable bonds is 9. The maximum atomic E-state index is 14.2. The second-order valence-corrected chi connectivity index (χ2v) is 17.6. The summed E-state index contributed by atoms with van der Waals surface area (Å²) in [4.78, 5) is 25.0. The molecule has 1 aromatic heterocycles. The fourth-order valence-electron chi connectivity index (χ4n) is 8.72. The summed E-state index contributed by atoms with van der Waals surface area (Å²) in [6, 6.07) is 11.1. The van der Waals surface area contributed by atoms with Gasteiger partial charge in [-0.3, -0.25) is 4.79 Å². The summed E-state index contributed by atoms with van der Waals surface area (Å²) in [6.45, 7) is -0.333. The highest BCUT2D eigenvalue weighted by atomic mass is 19.4. The second kappa shape index (κ2) is 22.2. The summed E-state index contributed by atoms with van der Waals surface area (Å²) in [5.41, 5.74) is -29.4. The molecule has 0 bridgehead atoms. The molecule has 0 radical (unpaired) electrons. The minimum atomic E-state index is -6.13. The zero-order valence-electron chi connectivity index (χ0n) is 40.0. The number of ether oxygens (including phenoxy) is 1. The molecule has 0 amide bonds. The fraction of sp³-hybridized carbons (Fsp3) is 0.192. The highest BCUT2D eigenvalue weighted by molar-refractivity contribution is 7.20. The first-order valence-corrected chi connectivity index (χ1v) is 22.4. The first-order valence-electron chi connectivity index (χ1n) is 22.4. The van der Waals surface area contributed by atoms with E-state index in [0.29, 0.717) is 10.9 Å². The minimum absolute atomic E-state index is 0.00579. The standard InChI is InChI=1S/C32H12BF24.C20H15N2O3/c34-25(35,36)13-1-14(26(37,38)39)6-21(5-13)33(22-7-15(27(40,41)42)2-16(8-22)28(43,44)45,23-9-17(29(46,47)48)3-18(10-23)30(49,50)51)24-11-19(31(52,53)54)4-20(12-24)32(55,56)57;21-11-13-25-20(24)19-17-9-5-4-6-15(17)10-12-22(19)14-18(23)16-7-2-1-3-8-16/h1-12H;1-10,12H,13-14H2/q-1;+1. The number of nitriles is 1. The predicted octanol–water partition coefficient (Wildman–Crippen LogP) is 13.9. The summed E-state index contributed by atoms with van der Waals surface area (Å²) in [7, 11) is 0. The van der Waals surface area contributed by atoms with Gasteiger partial charge in [0.15, 0.2) is 12.8 Å². The average molecular weight is 1190 g/mol. The fourth-order valence-corrected chi connectivity index (χ4v) is 8.72. The molecule has 0 N–H and O–H groups in total. The number of Topliss-reactive ketones (excluding diaryl/α,β-unsaturated/α-hetero) is 1. The van der Waals surface area contributed by atoms with Gasteiger partial charge in [-0.25, -0.2) is 4.79 Å². The van der Waals surface area contributed by atoms with Gasteiger partial charge in [-0.1, -0.05) is 97.1 Å². The van der Waals surface area contributed by atoms with Crippen molar-refractivity contribution in [3.63, 3.8) is 0 Å². The lowest BCUT2D eigenvalue weighted by molar-refractivity contribution is -0.684. The quantitative estimate of drug-likeness (QED) is 0.0475. The molecule has 0 aliphatic carbocycles. The number of nitrogens with zero attached hydrogens (tertiary/aromatic N) is 2. The van der Waals surface area contributed by atoms with Gasteiger partial charge in [0.05, 0.1) is 49.9 Å². The number of pyridine rings is 1. The number of aromatic nitrogens is 1. The molecule has 1 heterocycles. The van der Waals surface area contributed by atoms with Crippen LogP contribution in [0.4, 0.5) is 105 Å². The normalized spacial score (nSPS) is 13.1. The van der Waals surface area contributed by atoms with Crippen molar-refractivity contribution in [2.45, 2.75) is 56.0 Å². The zero-order valence-corrected chi connectivity index (χ0v) is 40.0. The third kappa shape index (κ3) is 14.1. The topological polar surface area (TPSA) is 71.0 Å². The molecule has 434 valence electrons. The van der Waals surface area contributed by atoms with Gasteiger partial charge < -0.3 is 4.74 Å². The molecule has 0 aliphatic rings. The van der Waals surface area contributed by atoms with Gasteiger partial charge in [0.25, 0.3) is 5.69 Å². The van der Waals surface area contributed by atoms with E-state index in [0.717, 1.165) is 5.39 Å². The Labute approximate surface area is 443 Å². The Morgan fingerprint density at radius 2 is 0.707 bits per heavy atom. The number of hydrogen-bond acceptors (Lipinski definition) is 4. The van der Waals surface area contributed by atoms with Crippen LogP contribution in [0.5, 0.6) is 0 Å². The lowest BCUT2D eigenvalue weighted by Crippen LogP contribution is -2.75. The van der Waals surface area contributed by atoms with Crippen LogP contribution in [0.2, 0.25) is 0 Å². The van der Waals surface area contributed by atoms with E-state index in [1.165, 1.54) is 0 Å². The molecule has 30 heteroatoms. The smallest absolute Gasteiger partial charge is 0.416 e. The molecule has 82 heavy (non-hydrogen) atoms. The Morgan fingerprint density at radius 3 is 1.00 bits per heavy atom. The maximum absolute atomic E-state index is 14.2. The van der Waals surface area contributed by atoms with E-state index in [-0.39, 0.29) is 24.6 Å². The summed E-state index contributed by atoms with van der Waals surface area (Å²) in [5.74, 6) is -0.741. The lowest BCUT2D eigenvalue weighted by atomic mass is 9.12. The van der Waals surface area contributed by atoms with Crippen molar-refractivity contribution in [3.05, 3.63) is 195 Å². The van der Waals surface area contributed by atoms with Crippen LogP contribution >= 0.6 is 0 Å². The number of ketones is 1. The van der Waals surface area contributed by atoms with Crippen molar-refractivity contribution in [2.75, 3.05) is 6.61 Å². The Balaban J connectivity index is 0.000000357. The average Bonchev–Trinajstić information content (AvgIpc) is 1.18. The molecule has 0 saturated heterocycles. The van der Waals surface area contributed by atoms with E-state index < -0.39 is 201 Å². The lowest BCUT2D eigenvalue weighted by Gasteiger charge is -2.46. The van der Waals surface area contributed by atoms with Crippen LogP contribution in [-0.2, 0) is 60.7 Å². The van der Waals surface area contributed by atoms with Crippen molar-refractivity contribution < 1.29 is 124 Å². The molecule has 7 rings (SSSR count). The summed E-state index contributed by atoms with van der Waals surface area (Å²) in [6.07, 6.45) is -53.1. The van der Waals surface area contributed by atoms with E-state index in [9.17, 15) is 115 Å². The molecule has 0 unspecified atom stereocenters. The largest absolute Gasteiger partial charge is 0.442 e. The highest BCUT2D eigenvalue weighted by Crippen LogP contribution is 2.41. The monoisotopic (exact) mass is 1190 g/mol. The number of benzene rings is 6. The molecule has 5 nitrogen and oxygen atoms in total. The first kappa shape index (κ1) is 62.9. The summed E-state index contributed by atoms with van der Waals surface area (Å²) >= 11 is 0. The van der Waals surface area contributed by atoms with Gasteiger partial charge in [-0.15, -0.1) is 0 Å². The SMILES string of the molecule is FC(F)(F)c1cc([B-](c2cc(C(F)(F)F)cc(C(F)(F)F)c2)(c2cc(C(F)(F)F)cc(C(F)(F)F)c2)c2cc(C(F)(F)F)cc(C(F)(F)F)c2)cc(C(F)(F)F)c1.N#CCOC(=O)c1c2ccccc2cc[n+]1CC(=O)c1ccccc1. The minimum Gasteiger partial charge on any atom is -0.442 e. The molecule has 0 fully saturated rings. The van der Waals surface area contributed by atoms with Crippen LogP contribution in [0.3, 0.4) is 0 Å². The molecule has 0 spiro atoms. The van der Waals surface area contributed by atoms with Crippen molar-refractivity contribution in [1.82, 2.24) is 0 Å². The molecular weight excluding hydrogens is 1170 g/mol. The van der Waals surface area contributed by atoms with Crippen LogP contribution < -0.4 is 26.4 Å². The van der Waals surface area contributed by atoms with Gasteiger partial charge in [0.1, 0.15) is 12.2 Å². The predicted molar refractivity (Wildman–Crippen MR) is 241 cm³/mol. The molecule has 0 atom stereocenters. The van der Waals surface area contributed by atoms with E-state index in [4.69, 9.17) is 10.00 Å². The number of alkyl halides is 24. The maximum Gasteiger partial charge on any atom is 0.416 e. The van der Waals surface area contributed by atoms with Crippen LogP contribution in [0.1, 0.15) is 65.4 Å². The van der Waals surface area contributed by atoms with Crippen LogP contribution in [-0.4, -0.2) is 24.5 Å². The number of carbonyl (C=O) groups is 2. The van der Waals surface area contributed by atoms with Crippen LogP contribution in [0, 0.1) is 11.3 Å². The van der Waals surface area contributed by atoms with Gasteiger partial charge in [0, 0.05) is 11.6 Å². The van der Waals surface area contributed by atoms with Crippen molar-refractivity contribution in [1.29, 1.82) is 5.26 Å². The van der Waals surface area contributed by atoms with Crippen LogP contribution in [0.25, 0.3) is 10.8 Å². The number of fused-ring (bicyclic) bond motifs is 1. The number of esters is 1. The Bertz CT molecular complexity index is 3130. The Kier molecular flexibility index (Phi) is 17.1. The summed E-state index contributed by atoms with van der Waals surface area (Å²) < 4.78 is 347. The van der Waals surface area contributed by atoms with Gasteiger partial charge in [0.2, 0.25) is 12.3 Å². The van der Waals surface area contributed by atoms with E-state index in [1.54, 1.807) is 47.2 Å². The molecule has 0 aliphatic heterocycles. The van der Waals surface area contributed by atoms with Crippen molar-refractivity contribution in [2.24, 2.45) is 0 Å². The zero-order chi connectivity index (χ0) is 61.6. The van der Waals surface area contributed by atoms with E-state index in [1.807, 2.05) is 30.3 Å². The van der Waals surface area contributed by atoms with Gasteiger partial charge in [-0.2, -0.15) is 137 Å². The number of hydrogen-bond donors (Lipinski definition) is 0. The van der Waals surface area contributed by atoms with E-state index >= 15 is 0 Å². The first-order chi connectivity index (χ1) is 37.5. The third-order valence-corrected chi connectivity index (χ3v) is 12.2. The molecular formula is C52H27BF24N2O3. The van der Waals surface area contributed by atoms with Gasteiger partial charge in [-0.05, 0) is 35.7 Å². The van der Waals surface area contributed by atoms with Crippen LogP contribution in [0.15, 0.2) is 140 Å². The van der Waals surface area contributed by atoms with Gasteiger partial charge >= 0.3 is 55.4 Å². The number of carbonyl (C=O) groups excluding carboxylic acids is 2. The Morgan fingerprint density at radius 1 is 0.415 bits per heavy atom. The highest BCUT2D eigenvalue weighted by Gasteiger charge is 2.47. The summed E-state index contributed by atoms with van der Waals surface area (Å²) in [5, 5.41) is 10.2. The molecule has 6 aromatic carbocycles. The van der Waals surface area contributed by atoms with Crippen molar-refractivity contribution in [3.8, 4) is 6.07 Å². The van der Waals surface area contributed by atoms with E-state index in [2.05, 4.69) is 0 Å². The molecule has 7 aromatic rings. The molecule has 0 saturated carbocycles. The second-order valence-electron chi connectivity index (χ2n) is 17.6. The van der Waals surface area contributed by atoms with Crippen molar-refractivity contribution >= 4 is 50.5 Å².